The van der Waals surface area contributed by atoms with Crippen molar-refractivity contribution in [2.24, 2.45) is 0 Å². The number of furan rings is 1. The Kier molecular flexibility index (Phi) is 2.90. The van der Waals surface area contributed by atoms with Gasteiger partial charge < -0.3 is 4.42 Å². The van der Waals surface area contributed by atoms with E-state index in [-0.39, 0.29) is 27.9 Å². The van der Waals surface area contributed by atoms with Crippen molar-refractivity contribution in [2.45, 2.75) is 0 Å². The number of fused-ring (bicyclic) bond motifs is 5. The van der Waals surface area contributed by atoms with Crippen LogP contribution in [0, 0.1) is 0 Å². The molecule has 0 saturated heterocycles. The fourth-order valence-electron chi connectivity index (χ4n) is 5.74. The van der Waals surface area contributed by atoms with E-state index in [1.54, 1.807) is 48.5 Å². The lowest BCUT2D eigenvalue weighted by Gasteiger charge is -2.19. The van der Waals surface area contributed by atoms with Crippen LogP contribution >= 0.6 is 0 Å². The van der Waals surface area contributed by atoms with Crippen molar-refractivity contribution < 1.29 is 31.8 Å². The van der Waals surface area contributed by atoms with Crippen molar-refractivity contribution >= 4 is 43.5 Å². The van der Waals surface area contributed by atoms with Crippen molar-refractivity contribution in [3.8, 4) is 44.5 Å². The Labute approximate surface area is 289 Å². The average Bonchev–Trinajstić information content (AvgIpc) is 3.70. The second kappa shape index (κ2) is 10.4. The predicted octanol–water partition coefficient (Wildman–Crippen LogP) is 12.6. The van der Waals surface area contributed by atoms with Gasteiger partial charge in [-0.05, 0) is 84.2 Å². The lowest BCUT2D eigenvalue weighted by atomic mass is 9.84. The number of benzene rings is 8. The van der Waals surface area contributed by atoms with Gasteiger partial charge in [0.05, 0.1) is 27.4 Å². The molecule has 0 atom stereocenters. The summed E-state index contributed by atoms with van der Waals surface area (Å²) in [6.45, 7) is 0. The van der Waals surface area contributed by atoms with E-state index < -0.39 is 170 Å². The second-order valence-electron chi connectivity index (χ2n) is 10.1. The summed E-state index contributed by atoms with van der Waals surface area (Å²) in [4.78, 5) is 0. The highest BCUT2D eigenvalue weighted by molar-refractivity contribution is 6.26. The average molecular weight is 593 g/mol. The minimum absolute atomic E-state index is 0.0597. The van der Waals surface area contributed by atoms with Crippen LogP contribution in [0.3, 0.4) is 0 Å². The van der Waals surface area contributed by atoms with Crippen LogP contribution in [0.1, 0.15) is 27.4 Å². The van der Waals surface area contributed by atoms with Gasteiger partial charge >= 0.3 is 0 Å². The molecule has 0 aliphatic rings. The van der Waals surface area contributed by atoms with Gasteiger partial charge in [0, 0.05) is 10.8 Å². The molecule has 0 aliphatic carbocycles. The van der Waals surface area contributed by atoms with Gasteiger partial charge in [-0.2, -0.15) is 0 Å². The van der Waals surface area contributed by atoms with Crippen LogP contribution in [0.15, 0.2) is 174 Å². The Hall–Kier alpha value is -5.92. The van der Waals surface area contributed by atoms with Gasteiger partial charge in [-0.15, -0.1) is 0 Å². The molecule has 0 radical (unpaired) electrons. The van der Waals surface area contributed by atoms with Crippen molar-refractivity contribution in [3.05, 3.63) is 169 Å². The first-order valence-corrected chi connectivity index (χ1v) is 13.8. The molecule has 9 rings (SSSR count). The standard InChI is InChI=1S/C44H28O/c1-3-13-29(14-4-1)31-23-25-32(26-24-31)42-34-17-7-9-19-36(34)43(37-20-10-8-18-35(37)42)39-27-33(30-15-5-2-6-16-30)28-41-44(39)38-21-11-12-22-40(38)45-41/h1-28H/i1D,2D,5D,6D,7D,8D,9D,10D,11D,12D,15D,16D,17D,18D,19D,20D,21D,22D,27D,28D. The molecule has 0 N–H and O–H groups in total. The summed E-state index contributed by atoms with van der Waals surface area (Å²) in [6.07, 6.45) is 0. The third-order valence-electron chi connectivity index (χ3n) is 7.67. The van der Waals surface area contributed by atoms with E-state index in [1.165, 1.54) is 0 Å². The van der Waals surface area contributed by atoms with Crippen LogP contribution in [0.25, 0.3) is 88.0 Å². The highest BCUT2D eigenvalue weighted by Crippen LogP contribution is 2.48. The zero-order chi connectivity index (χ0) is 47.1. The predicted molar refractivity (Wildman–Crippen MR) is 190 cm³/mol. The van der Waals surface area contributed by atoms with Crippen molar-refractivity contribution in [3.63, 3.8) is 0 Å². The molecule has 1 aromatic heterocycles. The maximum Gasteiger partial charge on any atom is 0.136 e. The molecule has 0 bridgehead atoms. The SMILES string of the molecule is [2H]c1ccc(-c2ccc(-c3c4c([2H])c([2H])c([2H])c([2H])c4c(-c4c([2H])c(-c5c([2H])c([2H])c([2H])c([2H])c5[2H])c([2H])c5oc6c([2H])c([2H])c([2H])c([2H])c6c45)c4c([2H])c([2H])c([2H])c([2H])c34)cc2)cc1. The molecule has 8 aromatic carbocycles. The minimum atomic E-state index is -0.852. The van der Waals surface area contributed by atoms with Crippen LogP contribution < -0.4 is 0 Å². The number of hydrogen-bond donors (Lipinski definition) is 0. The molecule has 210 valence electrons. The quantitative estimate of drug-likeness (QED) is 0.185. The molecule has 0 fully saturated rings. The van der Waals surface area contributed by atoms with E-state index in [2.05, 4.69) is 0 Å². The summed E-state index contributed by atoms with van der Waals surface area (Å²) in [5.74, 6) is 0. The summed E-state index contributed by atoms with van der Waals surface area (Å²) in [5.41, 5.74) is -1.86. The van der Waals surface area contributed by atoms with Gasteiger partial charge in [-0.3, -0.25) is 0 Å². The van der Waals surface area contributed by atoms with Gasteiger partial charge in [0.15, 0.2) is 0 Å². The first-order valence-electron chi connectivity index (χ1n) is 23.8. The Balaban J connectivity index is 1.61. The molecule has 0 aliphatic heterocycles. The highest BCUT2D eigenvalue weighted by Gasteiger charge is 2.21. The third kappa shape index (κ3) is 4.17. The van der Waals surface area contributed by atoms with Crippen LogP contribution in [-0.4, -0.2) is 0 Å². The van der Waals surface area contributed by atoms with Crippen LogP contribution in [-0.2, 0) is 0 Å². The van der Waals surface area contributed by atoms with Gasteiger partial charge in [-0.1, -0.05) is 151 Å². The van der Waals surface area contributed by atoms with Crippen LogP contribution in [0.2, 0.25) is 0 Å². The van der Waals surface area contributed by atoms with E-state index in [0.717, 1.165) is 5.56 Å². The van der Waals surface area contributed by atoms with E-state index >= 15 is 0 Å². The lowest BCUT2D eigenvalue weighted by molar-refractivity contribution is 0.669. The van der Waals surface area contributed by atoms with Gasteiger partial charge in [0.2, 0.25) is 0 Å². The van der Waals surface area contributed by atoms with E-state index in [9.17, 15) is 8.22 Å². The number of rotatable bonds is 4. The molecule has 1 nitrogen and oxygen atoms in total. The molecular formula is C44H28O. The van der Waals surface area contributed by atoms with Crippen molar-refractivity contribution in [2.75, 3.05) is 0 Å². The number of hydrogen-bond acceptors (Lipinski definition) is 1. The Bertz CT molecular complexity index is 3520. The normalized spacial score (nSPS) is 17.8. The van der Waals surface area contributed by atoms with Gasteiger partial charge in [0.25, 0.3) is 0 Å². The monoisotopic (exact) mass is 592 g/mol. The van der Waals surface area contributed by atoms with E-state index in [4.69, 9.17) is 23.6 Å². The molecular weight excluding hydrogens is 544 g/mol. The summed E-state index contributed by atoms with van der Waals surface area (Å²) in [7, 11) is 0. The molecule has 9 aromatic rings. The fourth-order valence-corrected chi connectivity index (χ4v) is 5.74. The van der Waals surface area contributed by atoms with Crippen molar-refractivity contribution in [1.29, 1.82) is 0 Å². The largest absolute Gasteiger partial charge is 0.456 e. The highest BCUT2D eigenvalue weighted by atomic mass is 16.3. The molecule has 1 heteroatoms. The van der Waals surface area contributed by atoms with E-state index in [0.29, 0.717) is 5.56 Å². The molecule has 0 saturated carbocycles. The second-order valence-corrected chi connectivity index (χ2v) is 10.1. The summed E-state index contributed by atoms with van der Waals surface area (Å²) in [6, 6.07) is -1.15. The molecule has 0 spiro atoms. The smallest absolute Gasteiger partial charge is 0.136 e. The molecule has 0 unspecified atom stereocenters. The zero-order valence-corrected chi connectivity index (χ0v) is 23.0. The topological polar surface area (TPSA) is 13.1 Å². The fraction of sp³-hybridized carbons (Fsp3) is 0. The molecule has 45 heavy (non-hydrogen) atoms. The summed E-state index contributed by atoms with van der Waals surface area (Å²) < 4.78 is 185. The van der Waals surface area contributed by atoms with Gasteiger partial charge in [-0.25, -0.2) is 0 Å². The maximum atomic E-state index is 10.0. The van der Waals surface area contributed by atoms with Crippen LogP contribution in [0.4, 0.5) is 0 Å². The Morgan fingerprint density at radius 3 is 1.58 bits per heavy atom. The minimum Gasteiger partial charge on any atom is -0.456 e. The number of para-hydroxylation sites is 1. The lowest BCUT2D eigenvalue weighted by Crippen LogP contribution is -1.92. The third-order valence-corrected chi connectivity index (χ3v) is 7.67. The Morgan fingerprint density at radius 2 is 0.911 bits per heavy atom. The van der Waals surface area contributed by atoms with E-state index in [1.807, 2.05) is 0 Å². The summed E-state index contributed by atoms with van der Waals surface area (Å²) >= 11 is 0. The first-order chi connectivity index (χ1) is 30.6. The summed E-state index contributed by atoms with van der Waals surface area (Å²) in [5, 5.41) is -2.19. The zero-order valence-electron chi connectivity index (χ0n) is 43.0. The maximum absolute atomic E-state index is 10.0. The molecule has 0 amide bonds. The first kappa shape index (κ1) is 12.6. The Morgan fingerprint density at radius 1 is 0.378 bits per heavy atom. The molecule has 1 heterocycles. The van der Waals surface area contributed by atoms with Crippen LogP contribution in [0.5, 0.6) is 0 Å². The van der Waals surface area contributed by atoms with Gasteiger partial charge in [0.1, 0.15) is 11.2 Å². The van der Waals surface area contributed by atoms with Crippen molar-refractivity contribution in [1.82, 2.24) is 0 Å².